The summed E-state index contributed by atoms with van der Waals surface area (Å²) in [5.74, 6) is -0.558. The average molecular weight is 362 g/mol. The van der Waals surface area contributed by atoms with Gasteiger partial charge in [0.25, 0.3) is 0 Å². The van der Waals surface area contributed by atoms with E-state index in [2.05, 4.69) is 15.4 Å². The molecule has 0 amide bonds. The molecule has 0 fully saturated rings. The van der Waals surface area contributed by atoms with E-state index in [1.54, 1.807) is 0 Å². The molecule has 0 radical (unpaired) electrons. The van der Waals surface area contributed by atoms with Crippen LogP contribution in [0.1, 0.15) is 16.8 Å². The van der Waals surface area contributed by atoms with Crippen LogP contribution in [-0.2, 0) is 12.8 Å². The number of nitrogens with zero attached hydrogens (tertiary/aromatic N) is 3. The molecule has 1 aromatic heterocycles. The Bertz CT molecular complexity index is 975. The molecule has 2 aromatic carbocycles. The number of hydrogen-bond acceptors (Lipinski definition) is 4. The zero-order valence-electron chi connectivity index (χ0n) is 13.0. The smallest absolute Gasteiger partial charge is 0.416 e. The molecule has 0 aliphatic carbocycles. The van der Waals surface area contributed by atoms with Gasteiger partial charge in [-0.05, 0) is 29.8 Å². The highest BCUT2D eigenvalue weighted by Gasteiger charge is 2.30. The number of aromatic amines is 1. The highest BCUT2D eigenvalue weighted by Crippen LogP contribution is 2.30. The van der Waals surface area contributed by atoms with Crippen molar-refractivity contribution in [2.45, 2.75) is 12.8 Å². The van der Waals surface area contributed by atoms with Gasteiger partial charge < -0.3 is 4.74 Å². The lowest BCUT2D eigenvalue weighted by Crippen LogP contribution is -2.06. The summed E-state index contributed by atoms with van der Waals surface area (Å²) in [4.78, 5) is 0. The third kappa shape index (κ3) is 3.80. The predicted molar refractivity (Wildman–Crippen MR) is 82.3 cm³/mol. The molecule has 26 heavy (non-hydrogen) atoms. The molecule has 0 spiro atoms. The molecule has 1 N–H and O–H groups in total. The number of hydrogen-bond donors (Lipinski definition) is 1. The number of nitrogens with one attached hydrogen (secondary N) is 1. The van der Waals surface area contributed by atoms with E-state index in [4.69, 9.17) is 10.00 Å². The van der Waals surface area contributed by atoms with Gasteiger partial charge in [-0.3, -0.25) is 0 Å². The molecule has 3 rings (SSSR count). The first-order chi connectivity index (χ1) is 12.4. The molecule has 0 aliphatic heterocycles. The molecule has 9 heteroatoms. The normalized spacial score (nSPS) is 11.2. The number of halogens is 4. The van der Waals surface area contributed by atoms with Gasteiger partial charge in [-0.15, -0.1) is 5.10 Å². The van der Waals surface area contributed by atoms with Crippen LogP contribution < -0.4 is 4.74 Å². The third-order valence-electron chi connectivity index (χ3n) is 3.46. The van der Waals surface area contributed by atoms with Crippen LogP contribution in [0, 0.1) is 17.1 Å². The minimum atomic E-state index is -4.46. The lowest BCUT2D eigenvalue weighted by molar-refractivity contribution is -0.137. The summed E-state index contributed by atoms with van der Waals surface area (Å²) in [6.45, 7) is -0.184. The van der Waals surface area contributed by atoms with E-state index in [0.717, 1.165) is 24.3 Å². The first-order valence-electron chi connectivity index (χ1n) is 7.28. The number of benzene rings is 2. The van der Waals surface area contributed by atoms with Crippen molar-refractivity contribution in [1.29, 1.82) is 5.26 Å². The van der Waals surface area contributed by atoms with Crippen molar-refractivity contribution in [3.63, 3.8) is 0 Å². The molecule has 5 nitrogen and oxygen atoms in total. The van der Waals surface area contributed by atoms with E-state index in [-0.39, 0.29) is 34.9 Å². The topological polar surface area (TPSA) is 74.6 Å². The first-order valence-corrected chi connectivity index (χ1v) is 7.28. The Hall–Kier alpha value is -3.41. The van der Waals surface area contributed by atoms with Crippen molar-refractivity contribution >= 4 is 0 Å². The molecular formula is C17H10F4N4O. The fourth-order valence-electron chi connectivity index (χ4n) is 2.29. The Morgan fingerprint density at radius 1 is 1.15 bits per heavy atom. The average Bonchev–Trinajstić information content (AvgIpc) is 3.08. The van der Waals surface area contributed by atoms with Crippen LogP contribution in [0.15, 0.2) is 42.5 Å². The quantitative estimate of drug-likeness (QED) is 0.710. The predicted octanol–water partition coefficient (Wildman–Crippen LogP) is 4.08. The Morgan fingerprint density at radius 3 is 2.69 bits per heavy atom. The minimum absolute atomic E-state index is 0.0550. The maximum absolute atomic E-state index is 13.8. The van der Waals surface area contributed by atoms with Gasteiger partial charge in [-0.25, -0.2) is 9.49 Å². The molecule has 132 valence electrons. The Balaban J connectivity index is 1.82. The SMILES string of the molecule is N#Cc1[nH]nnc1-c1cc(F)cc(OCc2cccc(C(F)(F)F)c2)c1. The molecule has 0 unspecified atom stereocenters. The summed E-state index contributed by atoms with van der Waals surface area (Å²) >= 11 is 0. The fourth-order valence-corrected chi connectivity index (χ4v) is 2.29. The van der Waals surface area contributed by atoms with Gasteiger partial charge in [0, 0.05) is 11.6 Å². The van der Waals surface area contributed by atoms with Crippen LogP contribution in [0.5, 0.6) is 5.75 Å². The van der Waals surface area contributed by atoms with Crippen LogP contribution in [0.3, 0.4) is 0 Å². The Kier molecular flexibility index (Phi) is 4.58. The second-order valence-electron chi connectivity index (χ2n) is 5.31. The molecule has 3 aromatic rings. The van der Waals surface area contributed by atoms with E-state index in [1.807, 2.05) is 6.07 Å². The standard InChI is InChI=1S/C17H10F4N4O/c18-13-5-11(16-15(8-22)23-25-24-16)6-14(7-13)26-9-10-2-1-3-12(4-10)17(19,20)21/h1-7H,9H2,(H,23,24,25). The Labute approximate surface area is 144 Å². The van der Waals surface area contributed by atoms with Gasteiger partial charge >= 0.3 is 6.18 Å². The summed E-state index contributed by atoms with van der Waals surface area (Å²) in [7, 11) is 0. The van der Waals surface area contributed by atoms with E-state index in [9.17, 15) is 17.6 Å². The highest BCUT2D eigenvalue weighted by atomic mass is 19.4. The zero-order valence-corrected chi connectivity index (χ0v) is 13.0. The first kappa shape index (κ1) is 17.4. The largest absolute Gasteiger partial charge is 0.489 e. The maximum atomic E-state index is 13.8. The highest BCUT2D eigenvalue weighted by molar-refractivity contribution is 5.65. The molecule has 0 bridgehead atoms. The van der Waals surface area contributed by atoms with Gasteiger partial charge in [-0.2, -0.15) is 18.4 Å². The van der Waals surface area contributed by atoms with Gasteiger partial charge in [0.1, 0.15) is 29.9 Å². The number of alkyl halides is 3. The van der Waals surface area contributed by atoms with Crippen molar-refractivity contribution in [3.05, 3.63) is 65.1 Å². The minimum Gasteiger partial charge on any atom is -0.489 e. The summed E-state index contributed by atoms with van der Waals surface area (Å²) < 4.78 is 57.4. The van der Waals surface area contributed by atoms with E-state index >= 15 is 0 Å². The number of aromatic nitrogens is 3. The number of rotatable bonds is 4. The van der Waals surface area contributed by atoms with Crippen molar-refractivity contribution in [1.82, 2.24) is 15.4 Å². The number of nitriles is 1. The summed E-state index contributed by atoms with van der Waals surface area (Å²) in [6, 6.07) is 10.2. The molecule has 0 saturated carbocycles. The number of ether oxygens (including phenoxy) is 1. The van der Waals surface area contributed by atoms with Crippen LogP contribution >= 0.6 is 0 Å². The maximum Gasteiger partial charge on any atom is 0.416 e. The van der Waals surface area contributed by atoms with Gasteiger partial charge in [0.2, 0.25) is 0 Å². The molecule has 1 heterocycles. The van der Waals surface area contributed by atoms with Crippen LogP contribution in [-0.4, -0.2) is 15.4 Å². The van der Waals surface area contributed by atoms with Crippen molar-refractivity contribution in [2.24, 2.45) is 0 Å². The third-order valence-corrected chi connectivity index (χ3v) is 3.46. The van der Waals surface area contributed by atoms with Crippen molar-refractivity contribution < 1.29 is 22.3 Å². The Morgan fingerprint density at radius 2 is 1.96 bits per heavy atom. The van der Waals surface area contributed by atoms with Gasteiger partial charge in [-0.1, -0.05) is 17.3 Å². The van der Waals surface area contributed by atoms with E-state index in [0.29, 0.717) is 0 Å². The van der Waals surface area contributed by atoms with Crippen molar-refractivity contribution in [2.75, 3.05) is 0 Å². The molecule has 0 atom stereocenters. The molecule has 0 saturated heterocycles. The van der Waals surface area contributed by atoms with Crippen LogP contribution in [0.4, 0.5) is 17.6 Å². The monoisotopic (exact) mass is 362 g/mol. The van der Waals surface area contributed by atoms with Crippen molar-refractivity contribution in [3.8, 4) is 23.1 Å². The van der Waals surface area contributed by atoms with Gasteiger partial charge in [0.15, 0.2) is 5.69 Å². The fraction of sp³-hybridized carbons (Fsp3) is 0.118. The summed E-state index contributed by atoms with van der Waals surface area (Å²) in [5.41, 5.74) is -0.0470. The second kappa shape index (κ2) is 6.84. The van der Waals surface area contributed by atoms with E-state index < -0.39 is 17.6 Å². The van der Waals surface area contributed by atoms with Crippen LogP contribution in [0.2, 0.25) is 0 Å². The lowest BCUT2D eigenvalue weighted by atomic mass is 10.1. The zero-order chi connectivity index (χ0) is 18.7. The second-order valence-corrected chi connectivity index (χ2v) is 5.31. The van der Waals surface area contributed by atoms with Gasteiger partial charge in [0.05, 0.1) is 5.56 Å². The molecule has 0 aliphatic rings. The molecular weight excluding hydrogens is 352 g/mol. The van der Waals surface area contributed by atoms with Crippen LogP contribution in [0.25, 0.3) is 11.3 Å². The number of H-pyrrole nitrogens is 1. The summed E-state index contributed by atoms with van der Waals surface area (Å²) in [6.07, 6.45) is -4.46. The summed E-state index contributed by atoms with van der Waals surface area (Å²) in [5, 5.41) is 18.6. The lowest BCUT2D eigenvalue weighted by Gasteiger charge is -2.11. The van der Waals surface area contributed by atoms with E-state index in [1.165, 1.54) is 18.2 Å².